The van der Waals surface area contributed by atoms with Crippen molar-refractivity contribution >= 4 is 28.8 Å². The Morgan fingerprint density at radius 2 is 1.67 bits per heavy atom. The van der Waals surface area contributed by atoms with Gasteiger partial charge in [0, 0.05) is 11.9 Å². The number of nitrogens with one attached hydrogen (secondary N) is 1. The van der Waals surface area contributed by atoms with Crippen molar-refractivity contribution in [2.24, 2.45) is 0 Å². The summed E-state index contributed by atoms with van der Waals surface area (Å²) in [5.41, 5.74) is 2.64. The number of aromatic nitrogens is 3. The second kappa shape index (κ2) is 9.86. The summed E-state index contributed by atoms with van der Waals surface area (Å²) in [6.45, 7) is 4.59. The molecule has 4 rings (SSSR count). The van der Waals surface area contributed by atoms with Crippen molar-refractivity contribution in [2.75, 3.05) is 10.2 Å². The molecule has 0 radical (unpaired) electrons. The lowest BCUT2D eigenvalue weighted by Gasteiger charge is -2.23. The van der Waals surface area contributed by atoms with Crippen molar-refractivity contribution in [3.8, 4) is 0 Å². The molecule has 0 spiro atoms. The van der Waals surface area contributed by atoms with E-state index in [1.807, 2.05) is 60.7 Å². The average molecular weight is 441 g/mol. The molecule has 0 aliphatic heterocycles. The molecule has 0 aliphatic carbocycles. The molecule has 0 saturated carbocycles. The van der Waals surface area contributed by atoms with Gasteiger partial charge in [-0.2, -0.15) is 0 Å². The largest absolute Gasteiger partial charge is 0.354 e. The summed E-state index contributed by atoms with van der Waals surface area (Å²) in [4.78, 5) is 26.4. The minimum absolute atomic E-state index is 0.122. The van der Waals surface area contributed by atoms with Crippen molar-refractivity contribution in [3.05, 3.63) is 107 Å². The molecule has 0 amide bonds. The minimum Gasteiger partial charge on any atom is -0.334 e. The maximum Gasteiger partial charge on any atom is 0.354 e. The summed E-state index contributed by atoms with van der Waals surface area (Å²) in [7, 11) is 0. The first-order valence-corrected chi connectivity index (χ1v) is 10.6. The second-order valence-corrected chi connectivity index (χ2v) is 7.81. The van der Waals surface area contributed by atoms with Gasteiger partial charge < -0.3 is 10.2 Å². The van der Waals surface area contributed by atoms with Crippen LogP contribution >= 0.6 is 0 Å². The molecular formula is C25H24N6O2. The third-order valence-corrected chi connectivity index (χ3v) is 5.19. The highest BCUT2D eigenvalue weighted by molar-refractivity contribution is 5.77. The van der Waals surface area contributed by atoms with E-state index in [1.54, 1.807) is 23.2 Å². The Morgan fingerprint density at radius 1 is 0.939 bits per heavy atom. The number of benzene rings is 2. The first-order chi connectivity index (χ1) is 16.0. The SMILES string of the molecule is CC(C)c1ccc(Nc2ncnc(N(Cc3ccccc3)c3ccccn3)c2[N+](=O)[O-])cc1. The molecule has 2 heterocycles. The first-order valence-electron chi connectivity index (χ1n) is 10.6. The van der Waals surface area contributed by atoms with Crippen molar-refractivity contribution in [1.82, 2.24) is 15.0 Å². The Morgan fingerprint density at radius 3 is 2.30 bits per heavy atom. The number of nitrogens with zero attached hydrogens (tertiary/aromatic N) is 5. The summed E-state index contributed by atoms with van der Waals surface area (Å²) in [6, 6.07) is 22.9. The van der Waals surface area contributed by atoms with E-state index in [0.29, 0.717) is 24.0 Å². The second-order valence-electron chi connectivity index (χ2n) is 7.81. The van der Waals surface area contributed by atoms with Gasteiger partial charge in [0.25, 0.3) is 0 Å². The molecule has 4 aromatic rings. The van der Waals surface area contributed by atoms with Gasteiger partial charge >= 0.3 is 5.69 Å². The average Bonchev–Trinajstić information content (AvgIpc) is 2.84. The van der Waals surface area contributed by atoms with Gasteiger partial charge in [0.15, 0.2) is 0 Å². The molecule has 0 bridgehead atoms. The molecule has 8 heteroatoms. The predicted octanol–water partition coefficient (Wildman–Crippen LogP) is 5.99. The van der Waals surface area contributed by atoms with Gasteiger partial charge in [-0.3, -0.25) is 10.1 Å². The topological polar surface area (TPSA) is 97.1 Å². The van der Waals surface area contributed by atoms with Crippen molar-refractivity contribution in [2.45, 2.75) is 26.3 Å². The highest BCUT2D eigenvalue weighted by Crippen LogP contribution is 2.37. The normalized spacial score (nSPS) is 10.8. The zero-order chi connectivity index (χ0) is 23.2. The van der Waals surface area contributed by atoms with E-state index in [1.165, 1.54) is 11.9 Å². The first kappa shape index (κ1) is 21.9. The van der Waals surface area contributed by atoms with Crippen LogP contribution in [0.15, 0.2) is 85.3 Å². The fourth-order valence-electron chi connectivity index (χ4n) is 3.46. The van der Waals surface area contributed by atoms with Gasteiger partial charge in [-0.1, -0.05) is 62.4 Å². The molecular weight excluding hydrogens is 416 g/mol. The molecule has 8 nitrogen and oxygen atoms in total. The lowest BCUT2D eigenvalue weighted by molar-refractivity contribution is -0.383. The molecule has 0 fully saturated rings. The van der Waals surface area contributed by atoms with Gasteiger partial charge in [-0.25, -0.2) is 15.0 Å². The van der Waals surface area contributed by atoms with Crippen LogP contribution in [0.5, 0.6) is 0 Å². The number of rotatable bonds is 8. The Kier molecular flexibility index (Phi) is 6.54. The van der Waals surface area contributed by atoms with Gasteiger partial charge in [-0.15, -0.1) is 0 Å². The molecule has 2 aromatic heterocycles. The summed E-state index contributed by atoms with van der Waals surface area (Å²) < 4.78 is 0. The minimum atomic E-state index is -0.457. The fraction of sp³-hybridized carbons (Fsp3) is 0.160. The third-order valence-electron chi connectivity index (χ3n) is 5.19. The van der Waals surface area contributed by atoms with Gasteiger partial charge in [-0.05, 0) is 41.3 Å². The van der Waals surface area contributed by atoms with E-state index in [9.17, 15) is 10.1 Å². The van der Waals surface area contributed by atoms with Crippen LogP contribution in [0.3, 0.4) is 0 Å². The monoisotopic (exact) mass is 440 g/mol. The molecule has 0 unspecified atom stereocenters. The van der Waals surface area contributed by atoms with Crippen molar-refractivity contribution in [3.63, 3.8) is 0 Å². The van der Waals surface area contributed by atoms with Gasteiger partial charge in [0.1, 0.15) is 12.1 Å². The molecule has 1 N–H and O–H groups in total. The van der Waals surface area contributed by atoms with Crippen LogP contribution in [0, 0.1) is 10.1 Å². The van der Waals surface area contributed by atoms with Gasteiger partial charge in [0.2, 0.25) is 11.6 Å². The molecule has 2 aromatic carbocycles. The zero-order valence-corrected chi connectivity index (χ0v) is 18.4. The number of pyridine rings is 1. The maximum atomic E-state index is 12.2. The molecule has 0 saturated heterocycles. The standard InChI is InChI=1S/C25H24N6O2/c1-18(2)20-11-13-21(14-12-20)29-24-23(31(32)33)25(28-17-27-24)30(22-10-6-7-15-26-22)16-19-8-4-3-5-9-19/h3-15,17-18H,16H2,1-2H3,(H,27,28,29). The van der Waals surface area contributed by atoms with Crippen molar-refractivity contribution in [1.29, 1.82) is 0 Å². The highest BCUT2D eigenvalue weighted by atomic mass is 16.6. The summed E-state index contributed by atoms with van der Waals surface area (Å²) in [6.07, 6.45) is 2.98. The van der Waals surface area contributed by atoms with Crippen LogP contribution in [0.2, 0.25) is 0 Å². The lowest BCUT2D eigenvalue weighted by Crippen LogP contribution is -2.21. The lowest BCUT2D eigenvalue weighted by atomic mass is 10.0. The van der Waals surface area contributed by atoms with Crippen LogP contribution in [0.4, 0.5) is 28.8 Å². The molecule has 33 heavy (non-hydrogen) atoms. The van der Waals surface area contributed by atoms with Crippen molar-refractivity contribution < 1.29 is 4.92 Å². The van der Waals surface area contributed by atoms with E-state index in [-0.39, 0.29) is 17.3 Å². The Bertz CT molecular complexity index is 1210. The van der Waals surface area contributed by atoms with E-state index in [0.717, 1.165) is 5.56 Å². The zero-order valence-electron chi connectivity index (χ0n) is 18.4. The van der Waals surface area contributed by atoms with Crippen LogP contribution in [0.1, 0.15) is 30.9 Å². The quantitative estimate of drug-likeness (QED) is 0.266. The van der Waals surface area contributed by atoms with E-state index in [4.69, 9.17) is 0 Å². The summed E-state index contributed by atoms with van der Waals surface area (Å²) >= 11 is 0. The molecule has 0 atom stereocenters. The number of nitro groups is 1. The molecule has 166 valence electrons. The fourth-order valence-corrected chi connectivity index (χ4v) is 3.46. The predicted molar refractivity (Wildman–Crippen MR) is 129 cm³/mol. The number of anilines is 4. The van der Waals surface area contributed by atoms with Crippen LogP contribution in [0.25, 0.3) is 0 Å². The Balaban J connectivity index is 1.76. The highest BCUT2D eigenvalue weighted by Gasteiger charge is 2.29. The van der Waals surface area contributed by atoms with Crippen LogP contribution in [-0.4, -0.2) is 19.9 Å². The smallest absolute Gasteiger partial charge is 0.334 e. The molecule has 0 aliphatic rings. The Labute approximate surface area is 192 Å². The van der Waals surface area contributed by atoms with Gasteiger partial charge in [0.05, 0.1) is 11.5 Å². The number of hydrogen-bond acceptors (Lipinski definition) is 7. The van der Waals surface area contributed by atoms with Crippen LogP contribution in [-0.2, 0) is 6.54 Å². The van der Waals surface area contributed by atoms with Crippen LogP contribution < -0.4 is 10.2 Å². The van der Waals surface area contributed by atoms with E-state index in [2.05, 4.69) is 34.1 Å². The van der Waals surface area contributed by atoms with E-state index >= 15 is 0 Å². The number of hydrogen-bond donors (Lipinski definition) is 1. The van der Waals surface area contributed by atoms with E-state index < -0.39 is 4.92 Å². The third kappa shape index (κ3) is 5.12. The summed E-state index contributed by atoms with van der Waals surface area (Å²) in [5.74, 6) is 1.23. The summed E-state index contributed by atoms with van der Waals surface area (Å²) in [5, 5.41) is 15.3. The maximum absolute atomic E-state index is 12.2. The Hall–Kier alpha value is -4.33.